The summed E-state index contributed by atoms with van der Waals surface area (Å²) in [5, 5.41) is 9.50. The minimum atomic E-state index is -0.240. The van der Waals surface area contributed by atoms with Gasteiger partial charge in [0.05, 0.1) is 6.61 Å². The normalized spacial score (nSPS) is 17.4. The highest BCUT2D eigenvalue weighted by molar-refractivity contribution is 9.10. The number of ether oxygens (including phenoxy) is 2. The lowest BCUT2D eigenvalue weighted by Gasteiger charge is -2.12. The molecule has 2 atom stereocenters. The van der Waals surface area contributed by atoms with Crippen LogP contribution in [0.5, 0.6) is 11.5 Å². The van der Waals surface area contributed by atoms with Crippen molar-refractivity contribution in [1.29, 1.82) is 0 Å². The molecule has 1 fully saturated rings. The zero-order valence-electron chi connectivity index (χ0n) is 19.0. The van der Waals surface area contributed by atoms with Crippen molar-refractivity contribution in [3.05, 3.63) is 71.0 Å². The summed E-state index contributed by atoms with van der Waals surface area (Å²) in [7, 11) is 1.67. The fraction of sp³-hybridized carbons (Fsp3) is 0.240. The maximum absolute atomic E-state index is 12.7. The van der Waals surface area contributed by atoms with Gasteiger partial charge >= 0.3 is 0 Å². The van der Waals surface area contributed by atoms with E-state index in [1.807, 2.05) is 24.3 Å². The van der Waals surface area contributed by atoms with Crippen molar-refractivity contribution in [2.45, 2.75) is 18.5 Å². The van der Waals surface area contributed by atoms with Gasteiger partial charge in [0.1, 0.15) is 22.7 Å². The van der Waals surface area contributed by atoms with E-state index in [-0.39, 0.29) is 18.0 Å². The first-order chi connectivity index (χ1) is 17.1. The number of carbonyl (C=O) groups excluding carboxylic acids is 1. The molecule has 2 aromatic carbocycles. The van der Waals surface area contributed by atoms with Crippen molar-refractivity contribution in [1.82, 2.24) is 20.6 Å². The highest BCUT2D eigenvalue weighted by Crippen LogP contribution is 2.28. The molecule has 9 nitrogen and oxygen atoms in total. The standard InChI is InChI=1S/C25H24BrN5O4/c1-33-14-18-10-17(13-28-18)29-24(32)22-12-20(8-9-27-22)34-19-6-7-23-21(11-19)31-25(35-23)30-16-4-2-15(26)3-5-16/h2-9,11-12,17-18,28H,10,13-14H2,1H3,(H,29,32)(H,30,31)/t17-,18?/m1/s1. The maximum Gasteiger partial charge on any atom is 0.300 e. The summed E-state index contributed by atoms with van der Waals surface area (Å²) in [6, 6.07) is 17.1. The lowest BCUT2D eigenvalue weighted by atomic mass is 10.2. The van der Waals surface area contributed by atoms with Crippen molar-refractivity contribution in [3.63, 3.8) is 0 Å². The van der Waals surface area contributed by atoms with E-state index >= 15 is 0 Å². The monoisotopic (exact) mass is 537 g/mol. The first-order valence-corrected chi connectivity index (χ1v) is 12.0. The fourth-order valence-electron chi connectivity index (χ4n) is 3.93. The number of halogens is 1. The molecule has 4 aromatic rings. The van der Waals surface area contributed by atoms with Crippen LogP contribution < -0.4 is 20.7 Å². The summed E-state index contributed by atoms with van der Waals surface area (Å²) < 4.78 is 17.9. The molecule has 35 heavy (non-hydrogen) atoms. The molecule has 1 aliphatic heterocycles. The molecule has 5 rings (SSSR count). The number of aromatic nitrogens is 2. The van der Waals surface area contributed by atoms with Gasteiger partial charge in [-0.2, -0.15) is 4.98 Å². The van der Waals surface area contributed by atoms with E-state index in [0.717, 1.165) is 16.6 Å². The molecule has 1 aliphatic rings. The number of anilines is 2. The van der Waals surface area contributed by atoms with Crippen molar-refractivity contribution in [2.75, 3.05) is 25.6 Å². The highest BCUT2D eigenvalue weighted by atomic mass is 79.9. The molecule has 1 saturated heterocycles. The summed E-state index contributed by atoms with van der Waals surface area (Å²) in [6.07, 6.45) is 2.37. The number of oxazole rings is 1. The van der Waals surface area contributed by atoms with Gasteiger partial charge in [-0.3, -0.25) is 9.78 Å². The fourth-order valence-corrected chi connectivity index (χ4v) is 4.20. The molecule has 3 N–H and O–H groups in total. The number of hydrogen-bond donors (Lipinski definition) is 3. The van der Waals surface area contributed by atoms with Gasteiger partial charge in [0.25, 0.3) is 11.9 Å². The first-order valence-electron chi connectivity index (χ1n) is 11.2. The summed E-state index contributed by atoms with van der Waals surface area (Å²) in [5.41, 5.74) is 2.43. The molecular formula is C25H24BrN5O4. The molecule has 1 unspecified atom stereocenters. The summed E-state index contributed by atoms with van der Waals surface area (Å²) in [4.78, 5) is 21.4. The van der Waals surface area contributed by atoms with E-state index in [1.54, 1.807) is 43.6 Å². The average Bonchev–Trinajstić information content (AvgIpc) is 3.46. The quantitative estimate of drug-likeness (QED) is 0.298. The zero-order valence-corrected chi connectivity index (χ0v) is 20.5. The van der Waals surface area contributed by atoms with Crippen LogP contribution in [-0.4, -0.2) is 48.2 Å². The molecule has 3 heterocycles. The van der Waals surface area contributed by atoms with Gasteiger partial charge in [-0.15, -0.1) is 0 Å². The van der Waals surface area contributed by atoms with E-state index in [2.05, 4.69) is 41.8 Å². The largest absolute Gasteiger partial charge is 0.457 e. The lowest BCUT2D eigenvalue weighted by molar-refractivity contribution is 0.0933. The van der Waals surface area contributed by atoms with Gasteiger partial charge in [0.15, 0.2) is 5.58 Å². The van der Waals surface area contributed by atoms with E-state index < -0.39 is 0 Å². The van der Waals surface area contributed by atoms with E-state index in [0.29, 0.717) is 47.5 Å². The van der Waals surface area contributed by atoms with Crippen LogP contribution in [0, 0.1) is 0 Å². The maximum atomic E-state index is 12.7. The predicted octanol–water partition coefficient (Wildman–Crippen LogP) is 4.63. The van der Waals surface area contributed by atoms with Crippen molar-refractivity contribution < 1.29 is 18.7 Å². The number of hydrogen-bond acceptors (Lipinski definition) is 8. The number of pyridine rings is 1. The van der Waals surface area contributed by atoms with Crippen LogP contribution >= 0.6 is 15.9 Å². The average molecular weight is 538 g/mol. The number of methoxy groups -OCH3 is 1. The van der Waals surface area contributed by atoms with Gasteiger partial charge in [-0.25, -0.2) is 0 Å². The van der Waals surface area contributed by atoms with E-state index in [4.69, 9.17) is 13.9 Å². The van der Waals surface area contributed by atoms with Gasteiger partial charge in [0, 0.05) is 54.2 Å². The second kappa shape index (κ2) is 10.4. The van der Waals surface area contributed by atoms with Crippen LogP contribution in [0.15, 0.2) is 69.7 Å². The van der Waals surface area contributed by atoms with Gasteiger partial charge in [-0.05, 0) is 48.9 Å². The number of rotatable bonds is 8. The first kappa shape index (κ1) is 23.3. The molecule has 180 valence electrons. The number of nitrogens with zero attached hydrogens (tertiary/aromatic N) is 2. The van der Waals surface area contributed by atoms with Crippen LogP contribution in [0.4, 0.5) is 11.7 Å². The smallest absolute Gasteiger partial charge is 0.300 e. The summed E-state index contributed by atoms with van der Waals surface area (Å²) in [5.74, 6) is 0.833. The van der Waals surface area contributed by atoms with Crippen LogP contribution in [-0.2, 0) is 4.74 Å². The molecule has 0 aliphatic carbocycles. The van der Waals surface area contributed by atoms with Crippen LogP contribution in [0.3, 0.4) is 0 Å². The Labute approximate surface area is 210 Å². The Morgan fingerprint density at radius 3 is 2.83 bits per heavy atom. The van der Waals surface area contributed by atoms with Gasteiger partial charge in [-0.1, -0.05) is 15.9 Å². The number of nitrogens with one attached hydrogen (secondary N) is 3. The molecule has 10 heteroatoms. The number of benzene rings is 2. The van der Waals surface area contributed by atoms with Crippen LogP contribution in [0.25, 0.3) is 11.1 Å². The minimum absolute atomic E-state index is 0.0313. The molecule has 0 spiro atoms. The molecule has 0 saturated carbocycles. The molecule has 1 amide bonds. The minimum Gasteiger partial charge on any atom is -0.457 e. The number of fused-ring (bicyclic) bond motifs is 1. The lowest BCUT2D eigenvalue weighted by Crippen LogP contribution is -2.36. The second-order valence-corrected chi connectivity index (χ2v) is 9.14. The second-order valence-electron chi connectivity index (χ2n) is 8.23. The zero-order chi connectivity index (χ0) is 24.2. The summed E-state index contributed by atoms with van der Waals surface area (Å²) in [6.45, 7) is 1.32. The Kier molecular flexibility index (Phi) is 6.94. The Morgan fingerprint density at radius 2 is 2.00 bits per heavy atom. The van der Waals surface area contributed by atoms with Crippen LogP contribution in [0.1, 0.15) is 16.9 Å². The topological polar surface area (TPSA) is 111 Å². The van der Waals surface area contributed by atoms with Crippen molar-refractivity contribution in [3.8, 4) is 11.5 Å². The number of carbonyl (C=O) groups is 1. The Bertz CT molecular complexity index is 1330. The SMILES string of the molecule is COCC1C[C@@H](NC(=O)c2cc(Oc3ccc4oc(Nc5ccc(Br)cc5)nc4c3)ccn2)CN1. The third-order valence-corrected chi connectivity index (χ3v) is 6.11. The summed E-state index contributed by atoms with van der Waals surface area (Å²) >= 11 is 3.42. The third kappa shape index (κ3) is 5.79. The van der Waals surface area contributed by atoms with Crippen molar-refractivity contribution >= 4 is 44.6 Å². The third-order valence-electron chi connectivity index (χ3n) is 5.58. The van der Waals surface area contributed by atoms with Crippen LogP contribution in [0.2, 0.25) is 0 Å². The van der Waals surface area contributed by atoms with Gasteiger partial charge in [0.2, 0.25) is 0 Å². The number of amides is 1. The Balaban J connectivity index is 1.24. The predicted molar refractivity (Wildman–Crippen MR) is 135 cm³/mol. The van der Waals surface area contributed by atoms with Crippen molar-refractivity contribution in [2.24, 2.45) is 0 Å². The molecular weight excluding hydrogens is 514 g/mol. The van der Waals surface area contributed by atoms with Gasteiger partial charge < -0.3 is 29.8 Å². The Hall–Kier alpha value is -3.47. The van der Waals surface area contributed by atoms with E-state index in [1.165, 1.54) is 0 Å². The molecule has 0 bridgehead atoms. The highest BCUT2D eigenvalue weighted by Gasteiger charge is 2.25. The molecule has 2 aromatic heterocycles. The Morgan fingerprint density at radius 1 is 1.17 bits per heavy atom. The molecule has 0 radical (unpaired) electrons. The van der Waals surface area contributed by atoms with E-state index in [9.17, 15) is 4.79 Å².